The normalized spacial score (nSPS) is 28.0. The van der Waals surface area contributed by atoms with Gasteiger partial charge in [-0.25, -0.2) is 0 Å². The molecule has 1 unspecified atom stereocenters. The third kappa shape index (κ3) is 3.70. The molecule has 1 aromatic rings. The first-order chi connectivity index (χ1) is 10.6. The quantitative estimate of drug-likeness (QED) is 0.883. The lowest BCUT2D eigenvalue weighted by atomic mass is 9.75. The van der Waals surface area contributed by atoms with E-state index in [4.69, 9.17) is 0 Å². The highest BCUT2D eigenvalue weighted by molar-refractivity contribution is 5.92. The van der Waals surface area contributed by atoms with Crippen LogP contribution in [0.25, 0.3) is 0 Å². The van der Waals surface area contributed by atoms with Gasteiger partial charge in [-0.05, 0) is 56.2 Å². The summed E-state index contributed by atoms with van der Waals surface area (Å²) in [5, 5.41) is 3.11. The molecule has 3 nitrogen and oxygen atoms in total. The molecule has 3 heteroatoms. The molecule has 2 N–H and O–H groups in total. The van der Waals surface area contributed by atoms with Crippen molar-refractivity contribution in [3.8, 4) is 0 Å². The van der Waals surface area contributed by atoms with E-state index in [9.17, 15) is 4.79 Å². The highest BCUT2D eigenvalue weighted by atomic mass is 16.2. The number of carbonyl (C=O) groups excluding carboxylic acids is 1. The van der Waals surface area contributed by atoms with Crippen LogP contribution in [0.3, 0.4) is 0 Å². The van der Waals surface area contributed by atoms with Crippen LogP contribution in [0.1, 0.15) is 43.2 Å². The maximum absolute atomic E-state index is 12.4. The van der Waals surface area contributed by atoms with Gasteiger partial charge < -0.3 is 10.2 Å². The molecule has 1 saturated carbocycles. The van der Waals surface area contributed by atoms with Crippen molar-refractivity contribution in [1.29, 1.82) is 0 Å². The van der Waals surface area contributed by atoms with Crippen molar-refractivity contribution in [3.63, 3.8) is 0 Å². The fourth-order valence-corrected chi connectivity index (χ4v) is 4.25. The number of anilines is 1. The Kier molecular flexibility index (Phi) is 4.82. The Labute approximate surface area is 134 Å². The van der Waals surface area contributed by atoms with Gasteiger partial charge in [-0.1, -0.05) is 25.0 Å². The van der Waals surface area contributed by atoms with Crippen LogP contribution in [-0.2, 0) is 4.79 Å². The van der Waals surface area contributed by atoms with Gasteiger partial charge >= 0.3 is 0 Å². The van der Waals surface area contributed by atoms with Crippen LogP contribution in [0.5, 0.6) is 0 Å². The lowest BCUT2D eigenvalue weighted by Gasteiger charge is -2.38. The number of carbonyl (C=O) groups is 1. The van der Waals surface area contributed by atoms with Crippen LogP contribution in [0.15, 0.2) is 18.2 Å². The number of piperidine rings is 1. The number of aryl methyl sites for hydroxylation is 2. The summed E-state index contributed by atoms with van der Waals surface area (Å²) in [7, 11) is 0. The second-order valence-corrected chi connectivity index (χ2v) is 7.34. The summed E-state index contributed by atoms with van der Waals surface area (Å²) in [4.78, 5) is 13.9. The van der Waals surface area contributed by atoms with Crippen LogP contribution in [0.2, 0.25) is 0 Å². The van der Waals surface area contributed by atoms with E-state index >= 15 is 0 Å². The number of nitrogens with one attached hydrogen (secondary N) is 2. The summed E-state index contributed by atoms with van der Waals surface area (Å²) in [5.41, 5.74) is 3.30. The molecule has 1 aliphatic heterocycles. The van der Waals surface area contributed by atoms with Crippen molar-refractivity contribution in [1.82, 2.24) is 0 Å². The summed E-state index contributed by atoms with van der Waals surface area (Å²) in [6.07, 6.45) is 6.93. The molecule has 0 aromatic heterocycles. The van der Waals surface area contributed by atoms with Gasteiger partial charge in [0, 0.05) is 11.6 Å². The molecule has 0 radical (unpaired) electrons. The lowest BCUT2D eigenvalue weighted by molar-refractivity contribution is -0.902. The molecule has 1 saturated heterocycles. The maximum atomic E-state index is 12.4. The number of hydrogen-bond acceptors (Lipinski definition) is 1. The minimum Gasteiger partial charge on any atom is -0.327 e. The topological polar surface area (TPSA) is 33.5 Å². The average Bonchev–Trinajstić information content (AvgIpc) is 2.51. The molecular weight excluding hydrogens is 272 g/mol. The monoisotopic (exact) mass is 301 g/mol. The van der Waals surface area contributed by atoms with Gasteiger partial charge in [0.2, 0.25) is 0 Å². The Hall–Kier alpha value is -1.35. The number of rotatable bonds is 3. The van der Waals surface area contributed by atoms with Crippen molar-refractivity contribution in [2.75, 3.05) is 25.0 Å². The molecule has 2 fully saturated rings. The smallest absolute Gasteiger partial charge is 0.279 e. The predicted molar refractivity (Wildman–Crippen MR) is 90.2 cm³/mol. The van der Waals surface area contributed by atoms with Crippen LogP contribution in [0.4, 0.5) is 5.69 Å². The van der Waals surface area contributed by atoms with Crippen LogP contribution < -0.4 is 10.2 Å². The zero-order valence-electron chi connectivity index (χ0n) is 14.0. The van der Waals surface area contributed by atoms with Crippen LogP contribution >= 0.6 is 0 Å². The van der Waals surface area contributed by atoms with Crippen molar-refractivity contribution in [3.05, 3.63) is 29.3 Å². The van der Waals surface area contributed by atoms with Gasteiger partial charge in [-0.3, -0.25) is 4.79 Å². The standard InChI is InChI=1S/C19H28N2O/c1-14-7-8-15(2)18(11-14)20-19(22)13-21-10-9-16-5-3-4-6-17(16)12-21/h7-8,11,16-17H,3-6,9-10,12-13H2,1-2H3,(H,20,22)/p+1/t16-,17+/m0/s1. The minimum atomic E-state index is 0.165. The maximum Gasteiger partial charge on any atom is 0.279 e. The van der Waals surface area contributed by atoms with Crippen molar-refractivity contribution >= 4 is 11.6 Å². The predicted octanol–water partition coefficient (Wildman–Crippen LogP) is 2.34. The lowest BCUT2D eigenvalue weighted by Crippen LogP contribution is -3.15. The van der Waals surface area contributed by atoms with Gasteiger partial charge in [0.1, 0.15) is 0 Å². The number of fused-ring (bicyclic) bond motifs is 1. The van der Waals surface area contributed by atoms with E-state index in [0.717, 1.165) is 23.1 Å². The Bertz CT molecular complexity index is 540. The second kappa shape index (κ2) is 6.82. The van der Waals surface area contributed by atoms with Gasteiger partial charge in [-0.2, -0.15) is 0 Å². The third-order valence-electron chi connectivity index (χ3n) is 5.56. The number of likely N-dealkylation sites (tertiary alicyclic amines) is 1. The Morgan fingerprint density at radius 3 is 2.77 bits per heavy atom. The minimum absolute atomic E-state index is 0.165. The van der Waals surface area contributed by atoms with Crippen molar-refractivity contribution in [2.24, 2.45) is 11.8 Å². The molecule has 0 spiro atoms. The zero-order valence-corrected chi connectivity index (χ0v) is 14.0. The van der Waals surface area contributed by atoms with E-state index in [-0.39, 0.29) is 5.91 Å². The first kappa shape index (κ1) is 15.5. The highest BCUT2D eigenvalue weighted by Crippen LogP contribution is 2.32. The zero-order chi connectivity index (χ0) is 15.5. The second-order valence-electron chi connectivity index (χ2n) is 7.34. The van der Waals surface area contributed by atoms with Crippen LogP contribution in [-0.4, -0.2) is 25.5 Å². The SMILES string of the molecule is Cc1ccc(C)c(NC(=O)C[NH+]2CC[C@@H]3CCCC[C@@H]3C2)c1. The summed E-state index contributed by atoms with van der Waals surface area (Å²) >= 11 is 0. The molecule has 0 bridgehead atoms. The number of quaternary nitrogens is 1. The molecule has 1 aromatic carbocycles. The first-order valence-corrected chi connectivity index (χ1v) is 8.82. The van der Waals surface area contributed by atoms with E-state index in [1.54, 1.807) is 0 Å². The molecule has 1 heterocycles. The Morgan fingerprint density at radius 1 is 1.18 bits per heavy atom. The summed E-state index contributed by atoms with van der Waals surface area (Å²) in [6, 6.07) is 6.23. The van der Waals surface area contributed by atoms with E-state index in [1.165, 1.54) is 55.7 Å². The molecule has 1 amide bonds. The largest absolute Gasteiger partial charge is 0.327 e. The molecule has 2 aliphatic rings. The van der Waals surface area contributed by atoms with E-state index < -0.39 is 0 Å². The molecule has 3 rings (SSSR count). The molecule has 1 aliphatic carbocycles. The van der Waals surface area contributed by atoms with Gasteiger partial charge in [0.05, 0.1) is 13.1 Å². The molecule has 22 heavy (non-hydrogen) atoms. The summed E-state index contributed by atoms with van der Waals surface area (Å²) < 4.78 is 0. The number of benzene rings is 1. The molecule has 120 valence electrons. The first-order valence-electron chi connectivity index (χ1n) is 8.82. The van der Waals surface area contributed by atoms with E-state index in [2.05, 4.69) is 37.4 Å². The van der Waals surface area contributed by atoms with Gasteiger partial charge in [0.15, 0.2) is 6.54 Å². The number of hydrogen-bond donors (Lipinski definition) is 2. The highest BCUT2D eigenvalue weighted by Gasteiger charge is 2.34. The number of amides is 1. The molecule has 3 atom stereocenters. The van der Waals surface area contributed by atoms with Gasteiger partial charge in [-0.15, -0.1) is 0 Å². The van der Waals surface area contributed by atoms with Crippen LogP contribution in [0, 0.1) is 25.7 Å². The average molecular weight is 301 g/mol. The van der Waals surface area contributed by atoms with Gasteiger partial charge in [0.25, 0.3) is 5.91 Å². The summed E-state index contributed by atoms with van der Waals surface area (Å²) in [5.74, 6) is 1.98. The molecular formula is C19H29N2O+. The van der Waals surface area contributed by atoms with Crippen molar-refractivity contribution in [2.45, 2.75) is 46.0 Å². The summed E-state index contributed by atoms with van der Waals surface area (Å²) in [6.45, 7) is 7.10. The fraction of sp³-hybridized carbons (Fsp3) is 0.632. The third-order valence-corrected chi connectivity index (χ3v) is 5.56. The Balaban J connectivity index is 1.54. The van der Waals surface area contributed by atoms with E-state index in [1.807, 2.05) is 0 Å². The van der Waals surface area contributed by atoms with Crippen molar-refractivity contribution < 1.29 is 9.69 Å². The Morgan fingerprint density at radius 2 is 1.95 bits per heavy atom. The van der Waals surface area contributed by atoms with E-state index in [0.29, 0.717) is 6.54 Å². The fourth-order valence-electron chi connectivity index (χ4n) is 4.25.